The Morgan fingerprint density at radius 2 is 1.79 bits per heavy atom. The van der Waals surface area contributed by atoms with E-state index < -0.39 is 31.3 Å². The van der Waals surface area contributed by atoms with E-state index in [1.165, 1.54) is 43.4 Å². The second-order valence-electron chi connectivity index (χ2n) is 4.83. The predicted octanol–water partition coefficient (Wildman–Crippen LogP) is 2.43. The summed E-state index contributed by atoms with van der Waals surface area (Å²) in [7, 11) is -2.79. The number of para-hydroxylation sites is 2. The molecule has 0 atom stereocenters. The second kappa shape index (κ2) is 7.37. The predicted molar refractivity (Wildman–Crippen MR) is 84.8 cm³/mol. The van der Waals surface area contributed by atoms with Crippen LogP contribution in [0.2, 0.25) is 0 Å². The van der Waals surface area contributed by atoms with Gasteiger partial charge in [0.1, 0.15) is 6.61 Å². The minimum atomic E-state index is -4.06. The van der Waals surface area contributed by atoms with Crippen LogP contribution in [0.3, 0.4) is 0 Å². The number of nitro benzene ring substituents is 1. The maximum absolute atomic E-state index is 13.4. The van der Waals surface area contributed by atoms with Crippen molar-refractivity contribution < 1.29 is 22.5 Å². The van der Waals surface area contributed by atoms with Gasteiger partial charge in [-0.05, 0) is 18.2 Å². The normalized spacial score (nSPS) is 11.5. The lowest BCUT2D eigenvalue weighted by atomic mass is 10.3. The third kappa shape index (κ3) is 3.87. The smallest absolute Gasteiger partial charge is 0.289 e. The fraction of sp³-hybridized carbons (Fsp3) is 0.200. The summed E-state index contributed by atoms with van der Waals surface area (Å²) in [6.45, 7) is -0.194. The molecule has 0 saturated heterocycles. The van der Waals surface area contributed by atoms with Crippen molar-refractivity contribution in [2.24, 2.45) is 0 Å². The van der Waals surface area contributed by atoms with Gasteiger partial charge in [-0.1, -0.05) is 24.3 Å². The molecule has 0 bridgehead atoms. The van der Waals surface area contributed by atoms with Crippen LogP contribution in [-0.2, 0) is 10.0 Å². The highest BCUT2D eigenvalue weighted by atomic mass is 32.2. The minimum Gasteiger partial charge on any atom is -0.489 e. The molecule has 0 radical (unpaired) electrons. The Hall–Kier alpha value is -2.52. The van der Waals surface area contributed by atoms with Crippen molar-refractivity contribution in [3.63, 3.8) is 0 Å². The largest absolute Gasteiger partial charge is 0.489 e. The van der Waals surface area contributed by atoms with E-state index in [0.717, 1.165) is 10.4 Å². The third-order valence-corrected chi connectivity index (χ3v) is 5.15. The SMILES string of the molecule is CN(CCOc1ccccc1F)S(=O)(=O)c1ccccc1[N+](=O)[O-]. The quantitative estimate of drug-likeness (QED) is 0.563. The van der Waals surface area contributed by atoms with Gasteiger partial charge in [0.25, 0.3) is 5.69 Å². The van der Waals surface area contributed by atoms with Crippen molar-refractivity contribution >= 4 is 15.7 Å². The van der Waals surface area contributed by atoms with Gasteiger partial charge < -0.3 is 4.74 Å². The van der Waals surface area contributed by atoms with Crippen LogP contribution < -0.4 is 4.74 Å². The summed E-state index contributed by atoms with van der Waals surface area (Å²) >= 11 is 0. The van der Waals surface area contributed by atoms with E-state index in [9.17, 15) is 22.9 Å². The Morgan fingerprint density at radius 1 is 1.17 bits per heavy atom. The lowest BCUT2D eigenvalue weighted by Gasteiger charge is -2.17. The summed E-state index contributed by atoms with van der Waals surface area (Å²) in [4.78, 5) is 9.83. The van der Waals surface area contributed by atoms with E-state index in [4.69, 9.17) is 4.74 Å². The monoisotopic (exact) mass is 354 g/mol. The molecule has 0 fully saturated rings. The molecule has 0 unspecified atom stereocenters. The molecule has 0 aliphatic carbocycles. The van der Waals surface area contributed by atoms with Gasteiger partial charge in [-0.25, -0.2) is 12.8 Å². The number of benzene rings is 2. The molecule has 128 valence electrons. The van der Waals surface area contributed by atoms with Crippen LogP contribution in [0.15, 0.2) is 53.4 Å². The highest BCUT2D eigenvalue weighted by molar-refractivity contribution is 7.89. The number of ether oxygens (including phenoxy) is 1. The molecule has 2 aromatic rings. The number of nitro groups is 1. The number of nitrogens with zero attached hydrogens (tertiary/aromatic N) is 2. The molecule has 24 heavy (non-hydrogen) atoms. The Bertz CT molecular complexity index is 841. The van der Waals surface area contributed by atoms with Gasteiger partial charge in [-0.15, -0.1) is 0 Å². The molecule has 0 saturated carbocycles. The van der Waals surface area contributed by atoms with Crippen LogP contribution in [-0.4, -0.2) is 37.8 Å². The molecule has 7 nitrogen and oxygen atoms in total. The van der Waals surface area contributed by atoms with Gasteiger partial charge in [-0.3, -0.25) is 10.1 Å². The summed E-state index contributed by atoms with van der Waals surface area (Å²) < 4.78 is 44.5. The van der Waals surface area contributed by atoms with Crippen molar-refractivity contribution in [3.05, 3.63) is 64.5 Å². The molecule has 0 aromatic heterocycles. The van der Waals surface area contributed by atoms with E-state index in [1.54, 1.807) is 6.07 Å². The Balaban J connectivity index is 2.10. The first kappa shape index (κ1) is 17.8. The molecule has 0 heterocycles. The topological polar surface area (TPSA) is 89.8 Å². The number of hydrogen-bond acceptors (Lipinski definition) is 5. The molecule has 0 amide bonds. The van der Waals surface area contributed by atoms with Gasteiger partial charge in [0, 0.05) is 19.7 Å². The van der Waals surface area contributed by atoms with Crippen molar-refractivity contribution in [2.45, 2.75) is 4.90 Å². The van der Waals surface area contributed by atoms with Crippen molar-refractivity contribution in [2.75, 3.05) is 20.2 Å². The lowest BCUT2D eigenvalue weighted by Crippen LogP contribution is -2.31. The zero-order valence-corrected chi connectivity index (χ0v) is 13.6. The fourth-order valence-electron chi connectivity index (χ4n) is 1.96. The van der Waals surface area contributed by atoms with Crippen LogP contribution in [0.25, 0.3) is 0 Å². The number of rotatable bonds is 7. The first-order valence-electron chi connectivity index (χ1n) is 6.91. The van der Waals surface area contributed by atoms with Crippen LogP contribution in [0.1, 0.15) is 0 Å². The standard InChI is InChI=1S/C15H15FN2O5S/c1-17(10-11-23-14-8-4-2-6-12(14)16)24(21,22)15-9-5-3-7-13(15)18(19)20/h2-9H,10-11H2,1H3. The average Bonchev–Trinajstić information content (AvgIpc) is 2.56. The molecule has 0 aliphatic rings. The maximum atomic E-state index is 13.4. The molecule has 0 N–H and O–H groups in total. The van der Waals surface area contributed by atoms with Gasteiger partial charge in [0.15, 0.2) is 16.5 Å². The second-order valence-corrected chi connectivity index (χ2v) is 6.84. The zero-order valence-electron chi connectivity index (χ0n) is 12.8. The molecule has 0 aliphatic heterocycles. The average molecular weight is 354 g/mol. The van der Waals surface area contributed by atoms with Crippen LogP contribution in [0.4, 0.5) is 10.1 Å². The van der Waals surface area contributed by atoms with E-state index in [0.29, 0.717) is 0 Å². The Morgan fingerprint density at radius 3 is 2.46 bits per heavy atom. The molecule has 9 heteroatoms. The first-order chi connectivity index (χ1) is 11.3. The van der Waals surface area contributed by atoms with Crippen molar-refractivity contribution in [1.82, 2.24) is 4.31 Å². The van der Waals surface area contributed by atoms with E-state index in [2.05, 4.69) is 0 Å². The summed E-state index contributed by atoms with van der Waals surface area (Å²) in [5, 5.41) is 11.0. The molecule has 0 spiro atoms. The van der Waals surface area contributed by atoms with Crippen LogP contribution >= 0.6 is 0 Å². The van der Waals surface area contributed by atoms with Crippen LogP contribution in [0, 0.1) is 15.9 Å². The zero-order chi connectivity index (χ0) is 17.7. The minimum absolute atomic E-state index is 0.00832. The third-order valence-electron chi connectivity index (χ3n) is 3.25. The molecular weight excluding hydrogens is 339 g/mol. The van der Waals surface area contributed by atoms with Gasteiger partial charge in [0.2, 0.25) is 10.0 Å². The van der Waals surface area contributed by atoms with E-state index >= 15 is 0 Å². The Kier molecular flexibility index (Phi) is 5.47. The summed E-state index contributed by atoms with van der Waals surface area (Å²) in [5.41, 5.74) is -0.501. The number of hydrogen-bond donors (Lipinski definition) is 0. The Labute approximate surface area is 138 Å². The van der Waals surface area contributed by atoms with E-state index in [-0.39, 0.29) is 18.9 Å². The van der Waals surface area contributed by atoms with Crippen molar-refractivity contribution in [3.8, 4) is 5.75 Å². The molecule has 2 aromatic carbocycles. The highest BCUT2D eigenvalue weighted by Gasteiger charge is 2.28. The number of likely N-dealkylation sites (N-methyl/N-ethyl adjacent to an activating group) is 1. The van der Waals surface area contributed by atoms with Gasteiger partial charge in [-0.2, -0.15) is 4.31 Å². The van der Waals surface area contributed by atoms with Gasteiger partial charge >= 0.3 is 0 Å². The first-order valence-corrected chi connectivity index (χ1v) is 8.35. The van der Waals surface area contributed by atoms with Crippen LogP contribution in [0.5, 0.6) is 5.75 Å². The summed E-state index contributed by atoms with van der Waals surface area (Å²) in [6.07, 6.45) is 0. The fourth-order valence-corrected chi connectivity index (χ4v) is 3.27. The maximum Gasteiger partial charge on any atom is 0.289 e. The van der Waals surface area contributed by atoms with Crippen molar-refractivity contribution in [1.29, 1.82) is 0 Å². The molecule has 2 rings (SSSR count). The highest BCUT2D eigenvalue weighted by Crippen LogP contribution is 2.25. The number of sulfonamides is 1. The lowest BCUT2D eigenvalue weighted by molar-refractivity contribution is -0.387. The number of halogens is 1. The summed E-state index contributed by atoms with van der Waals surface area (Å²) in [6, 6.07) is 10.8. The molecular formula is C15H15FN2O5S. The van der Waals surface area contributed by atoms with Gasteiger partial charge in [0.05, 0.1) is 4.92 Å². The van der Waals surface area contributed by atoms with E-state index in [1.807, 2.05) is 0 Å². The summed E-state index contributed by atoms with van der Waals surface area (Å²) in [5.74, 6) is -0.546.